The van der Waals surface area contributed by atoms with Gasteiger partial charge in [-0.3, -0.25) is 0 Å². The van der Waals surface area contributed by atoms with E-state index in [1.54, 1.807) is 11.3 Å². The molecule has 0 aliphatic carbocycles. The fourth-order valence-corrected chi connectivity index (χ4v) is 3.32. The molecule has 1 aromatic carbocycles. The number of benzene rings is 1. The molecule has 0 bridgehead atoms. The van der Waals surface area contributed by atoms with Gasteiger partial charge < -0.3 is 5.11 Å². The number of halogens is 1. The van der Waals surface area contributed by atoms with Gasteiger partial charge >= 0.3 is 0 Å². The molecule has 0 amide bonds. The SMILES string of the molecule is Cc1nc(CC(CO)c2cccc(Br)c2)sc1C. The highest BCUT2D eigenvalue weighted by molar-refractivity contribution is 9.10. The van der Waals surface area contributed by atoms with Gasteiger partial charge in [0.15, 0.2) is 0 Å². The molecule has 2 rings (SSSR count). The molecule has 0 radical (unpaired) electrons. The van der Waals surface area contributed by atoms with Crippen LogP contribution in [-0.4, -0.2) is 16.7 Å². The van der Waals surface area contributed by atoms with Crippen molar-refractivity contribution in [3.63, 3.8) is 0 Å². The molecular formula is C14H16BrNOS. The second-order valence-electron chi connectivity index (χ2n) is 4.39. The monoisotopic (exact) mass is 325 g/mol. The molecule has 0 aliphatic rings. The highest BCUT2D eigenvalue weighted by Gasteiger charge is 2.14. The van der Waals surface area contributed by atoms with E-state index in [1.807, 2.05) is 19.1 Å². The smallest absolute Gasteiger partial charge is 0.0937 e. The summed E-state index contributed by atoms with van der Waals surface area (Å²) in [5.74, 6) is 0.118. The fraction of sp³-hybridized carbons (Fsp3) is 0.357. The van der Waals surface area contributed by atoms with E-state index in [0.29, 0.717) is 0 Å². The van der Waals surface area contributed by atoms with Crippen molar-refractivity contribution in [3.8, 4) is 0 Å². The summed E-state index contributed by atoms with van der Waals surface area (Å²) in [6.07, 6.45) is 0.798. The number of hydrogen-bond donors (Lipinski definition) is 1. The van der Waals surface area contributed by atoms with Gasteiger partial charge in [0.2, 0.25) is 0 Å². The molecule has 1 unspecified atom stereocenters. The Bertz CT molecular complexity index is 519. The zero-order valence-electron chi connectivity index (χ0n) is 10.5. The standard InChI is InChI=1S/C14H16BrNOS/c1-9-10(2)18-14(16-9)7-12(8-17)11-4-3-5-13(15)6-11/h3-6,12,17H,7-8H2,1-2H3. The zero-order chi connectivity index (χ0) is 13.1. The van der Waals surface area contributed by atoms with Crippen molar-refractivity contribution in [2.24, 2.45) is 0 Å². The van der Waals surface area contributed by atoms with Gasteiger partial charge in [-0.2, -0.15) is 0 Å². The van der Waals surface area contributed by atoms with Gasteiger partial charge in [0.05, 0.1) is 17.3 Å². The Morgan fingerprint density at radius 3 is 2.72 bits per heavy atom. The van der Waals surface area contributed by atoms with Crippen LogP contribution in [0.3, 0.4) is 0 Å². The summed E-state index contributed by atoms with van der Waals surface area (Å²) >= 11 is 5.19. The number of thiazole rings is 1. The van der Waals surface area contributed by atoms with Crippen molar-refractivity contribution in [1.29, 1.82) is 0 Å². The van der Waals surface area contributed by atoms with Crippen molar-refractivity contribution in [3.05, 3.63) is 49.9 Å². The fourth-order valence-electron chi connectivity index (χ4n) is 1.89. The molecule has 96 valence electrons. The Morgan fingerprint density at radius 2 is 2.17 bits per heavy atom. The lowest BCUT2D eigenvalue weighted by Gasteiger charge is -2.13. The minimum absolute atomic E-state index is 0.118. The Labute approximate surface area is 120 Å². The quantitative estimate of drug-likeness (QED) is 0.926. The molecule has 2 nitrogen and oxygen atoms in total. The number of aryl methyl sites for hydroxylation is 2. The van der Waals surface area contributed by atoms with Gasteiger partial charge in [-0.25, -0.2) is 4.98 Å². The molecule has 1 N–H and O–H groups in total. The number of aliphatic hydroxyl groups is 1. The minimum atomic E-state index is 0.118. The molecule has 18 heavy (non-hydrogen) atoms. The molecule has 0 aliphatic heterocycles. The predicted molar refractivity (Wildman–Crippen MR) is 79.3 cm³/mol. The van der Waals surface area contributed by atoms with Gasteiger partial charge in [0.1, 0.15) is 0 Å². The summed E-state index contributed by atoms with van der Waals surface area (Å²) in [4.78, 5) is 5.80. The molecule has 1 atom stereocenters. The second kappa shape index (κ2) is 5.95. The normalized spacial score (nSPS) is 12.7. The molecular weight excluding hydrogens is 310 g/mol. The first-order chi connectivity index (χ1) is 8.60. The first-order valence-electron chi connectivity index (χ1n) is 5.89. The number of aromatic nitrogens is 1. The molecule has 0 spiro atoms. The largest absolute Gasteiger partial charge is 0.396 e. The molecule has 0 fully saturated rings. The van der Waals surface area contributed by atoms with Gasteiger partial charge in [-0.1, -0.05) is 28.1 Å². The van der Waals surface area contributed by atoms with Crippen molar-refractivity contribution >= 4 is 27.3 Å². The lowest BCUT2D eigenvalue weighted by atomic mass is 9.97. The minimum Gasteiger partial charge on any atom is -0.396 e. The van der Waals surface area contributed by atoms with Crippen LogP contribution in [0.25, 0.3) is 0 Å². The molecule has 2 aromatic rings. The van der Waals surface area contributed by atoms with E-state index in [4.69, 9.17) is 0 Å². The third kappa shape index (κ3) is 3.19. The van der Waals surface area contributed by atoms with E-state index >= 15 is 0 Å². The van der Waals surface area contributed by atoms with Gasteiger partial charge in [0.25, 0.3) is 0 Å². The maximum Gasteiger partial charge on any atom is 0.0937 e. The number of nitrogens with zero attached hydrogens (tertiary/aromatic N) is 1. The van der Waals surface area contributed by atoms with E-state index in [-0.39, 0.29) is 12.5 Å². The predicted octanol–water partition coefficient (Wildman–Crippen LogP) is 3.84. The summed E-state index contributed by atoms with van der Waals surface area (Å²) in [6, 6.07) is 8.11. The number of aliphatic hydroxyl groups excluding tert-OH is 1. The average molecular weight is 326 g/mol. The number of hydrogen-bond acceptors (Lipinski definition) is 3. The van der Waals surface area contributed by atoms with E-state index in [0.717, 1.165) is 27.2 Å². The van der Waals surface area contributed by atoms with Gasteiger partial charge in [-0.15, -0.1) is 11.3 Å². The van der Waals surface area contributed by atoms with E-state index in [9.17, 15) is 5.11 Å². The molecule has 0 saturated carbocycles. The summed E-state index contributed by atoms with van der Waals surface area (Å²) in [7, 11) is 0. The molecule has 0 saturated heterocycles. The van der Waals surface area contributed by atoms with Crippen LogP contribution in [0.2, 0.25) is 0 Å². The maximum absolute atomic E-state index is 9.57. The Kier molecular flexibility index (Phi) is 4.54. The highest BCUT2D eigenvalue weighted by Crippen LogP contribution is 2.26. The van der Waals surface area contributed by atoms with Crippen LogP contribution in [0, 0.1) is 13.8 Å². The van der Waals surface area contributed by atoms with E-state index < -0.39 is 0 Å². The van der Waals surface area contributed by atoms with Crippen LogP contribution in [0.1, 0.15) is 27.1 Å². The maximum atomic E-state index is 9.57. The number of rotatable bonds is 4. The van der Waals surface area contributed by atoms with Crippen molar-refractivity contribution in [2.45, 2.75) is 26.2 Å². The third-order valence-corrected chi connectivity index (χ3v) is 4.62. The van der Waals surface area contributed by atoms with Crippen LogP contribution in [-0.2, 0) is 6.42 Å². The summed E-state index contributed by atoms with van der Waals surface area (Å²) in [6.45, 7) is 4.26. The summed E-state index contributed by atoms with van der Waals surface area (Å²) in [5, 5.41) is 10.7. The Hall–Kier alpha value is -0.710. The Morgan fingerprint density at radius 1 is 1.39 bits per heavy atom. The topological polar surface area (TPSA) is 33.1 Å². The van der Waals surface area contributed by atoms with Crippen LogP contribution < -0.4 is 0 Å². The van der Waals surface area contributed by atoms with E-state index in [2.05, 4.69) is 40.0 Å². The molecule has 1 heterocycles. The average Bonchev–Trinajstić information content (AvgIpc) is 2.65. The summed E-state index contributed by atoms with van der Waals surface area (Å²) < 4.78 is 1.05. The first-order valence-corrected chi connectivity index (χ1v) is 7.50. The highest BCUT2D eigenvalue weighted by atomic mass is 79.9. The van der Waals surface area contributed by atoms with Crippen LogP contribution in [0.15, 0.2) is 28.7 Å². The first kappa shape index (κ1) is 13.7. The van der Waals surface area contributed by atoms with Crippen LogP contribution in [0.4, 0.5) is 0 Å². The van der Waals surface area contributed by atoms with Crippen molar-refractivity contribution in [1.82, 2.24) is 4.98 Å². The van der Waals surface area contributed by atoms with Crippen LogP contribution in [0.5, 0.6) is 0 Å². The van der Waals surface area contributed by atoms with Crippen LogP contribution >= 0.6 is 27.3 Å². The Balaban J connectivity index is 2.19. The zero-order valence-corrected chi connectivity index (χ0v) is 12.9. The second-order valence-corrected chi connectivity index (χ2v) is 6.59. The molecule has 4 heteroatoms. The third-order valence-electron chi connectivity index (χ3n) is 3.03. The van der Waals surface area contributed by atoms with Gasteiger partial charge in [0, 0.05) is 21.7 Å². The lowest BCUT2D eigenvalue weighted by Crippen LogP contribution is -2.07. The van der Waals surface area contributed by atoms with Crippen molar-refractivity contribution < 1.29 is 5.11 Å². The summed E-state index contributed by atoms with van der Waals surface area (Å²) in [5.41, 5.74) is 2.25. The lowest BCUT2D eigenvalue weighted by molar-refractivity contribution is 0.264. The van der Waals surface area contributed by atoms with E-state index in [1.165, 1.54) is 4.88 Å². The van der Waals surface area contributed by atoms with Crippen molar-refractivity contribution in [2.75, 3.05) is 6.61 Å². The molecule has 1 aromatic heterocycles. The van der Waals surface area contributed by atoms with Gasteiger partial charge in [-0.05, 0) is 31.5 Å².